The largest absolute Gasteiger partial charge is 0.383 e. The summed E-state index contributed by atoms with van der Waals surface area (Å²) in [5.74, 6) is 1.00. The van der Waals surface area contributed by atoms with E-state index in [1.807, 2.05) is 4.90 Å². The Kier molecular flexibility index (Phi) is 7.57. The fourth-order valence-electron chi connectivity index (χ4n) is 4.37. The number of rotatable bonds is 9. The summed E-state index contributed by atoms with van der Waals surface area (Å²) < 4.78 is 10.4. The van der Waals surface area contributed by atoms with E-state index in [0.29, 0.717) is 26.3 Å². The minimum absolute atomic E-state index is 0.0246. The molecule has 1 aliphatic rings. The molecule has 1 aliphatic carbocycles. The van der Waals surface area contributed by atoms with Crippen LogP contribution in [0, 0.1) is 19.8 Å². The highest BCUT2D eigenvalue weighted by Gasteiger charge is 2.31. The molecule has 8 heteroatoms. The monoisotopic (exact) mass is 468 g/mol. The number of hydrogen-bond donors (Lipinski definition) is 1. The van der Waals surface area contributed by atoms with Gasteiger partial charge in [0.1, 0.15) is 17.0 Å². The lowest BCUT2D eigenvalue weighted by Crippen LogP contribution is -2.41. The number of anilines is 2. The van der Waals surface area contributed by atoms with Gasteiger partial charge in [0.05, 0.1) is 18.6 Å². The normalized spacial score (nSPS) is 15.5. The van der Waals surface area contributed by atoms with Crippen molar-refractivity contribution in [3.8, 4) is 0 Å². The van der Waals surface area contributed by atoms with E-state index in [2.05, 4.69) is 47.3 Å². The van der Waals surface area contributed by atoms with Crippen molar-refractivity contribution in [2.75, 3.05) is 45.8 Å². The molecule has 3 aromatic rings. The maximum absolute atomic E-state index is 13.3. The molecular formula is C25H32N4O3S. The van der Waals surface area contributed by atoms with Crippen LogP contribution in [0.4, 0.5) is 11.5 Å². The number of fused-ring (bicyclic) bond motifs is 3. The Morgan fingerprint density at radius 2 is 1.91 bits per heavy atom. The summed E-state index contributed by atoms with van der Waals surface area (Å²) in [6, 6.07) is 6.35. The van der Waals surface area contributed by atoms with Crippen LogP contribution in [0.2, 0.25) is 0 Å². The van der Waals surface area contributed by atoms with E-state index in [9.17, 15) is 4.79 Å². The summed E-state index contributed by atoms with van der Waals surface area (Å²) in [6.45, 7) is 6.45. The molecule has 0 bridgehead atoms. The van der Waals surface area contributed by atoms with E-state index in [1.54, 1.807) is 31.9 Å². The SMILES string of the molecule is COCCN(CCOC)C(=O)C1CCc2c(sc3ncnc(Nc4ccc(C)c(C)c4)c23)C1. The Morgan fingerprint density at radius 1 is 1.15 bits per heavy atom. The first-order valence-electron chi connectivity index (χ1n) is 11.4. The standard InChI is InChI=1S/C25H32N4O3S/c1-16-5-7-19(13-17(16)2)28-23-22-20-8-6-18(14-21(20)33-24(22)27-15-26-23)25(30)29(9-11-31-3)10-12-32-4/h5,7,13,15,18H,6,8-12,14H2,1-4H3,(H,26,27,28). The van der Waals surface area contributed by atoms with Gasteiger partial charge in [0, 0.05) is 43.8 Å². The van der Waals surface area contributed by atoms with Crippen LogP contribution >= 0.6 is 11.3 Å². The Bertz CT molecular complexity index is 1120. The van der Waals surface area contributed by atoms with E-state index in [4.69, 9.17) is 9.47 Å². The lowest BCUT2D eigenvalue weighted by Gasteiger charge is -2.29. The van der Waals surface area contributed by atoms with Gasteiger partial charge < -0.3 is 19.7 Å². The quantitative estimate of drug-likeness (QED) is 0.505. The van der Waals surface area contributed by atoms with Crippen molar-refractivity contribution >= 4 is 39.0 Å². The summed E-state index contributed by atoms with van der Waals surface area (Å²) in [6.07, 6.45) is 4.04. The number of benzene rings is 1. The van der Waals surface area contributed by atoms with Crippen LogP contribution < -0.4 is 5.32 Å². The first-order chi connectivity index (χ1) is 16.0. The van der Waals surface area contributed by atoms with Crippen molar-refractivity contribution in [2.24, 2.45) is 5.92 Å². The minimum atomic E-state index is -0.0246. The fourth-order valence-corrected chi connectivity index (χ4v) is 5.63. The van der Waals surface area contributed by atoms with E-state index in [-0.39, 0.29) is 11.8 Å². The second-order valence-corrected chi connectivity index (χ2v) is 9.66. The molecule has 1 aromatic carbocycles. The lowest BCUT2D eigenvalue weighted by molar-refractivity contribution is -0.137. The van der Waals surface area contributed by atoms with E-state index in [1.165, 1.54) is 21.6 Å². The van der Waals surface area contributed by atoms with Gasteiger partial charge in [0.2, 0.25) is 5.91 Å². The van der Waals surface area contributed by atoms with Gasteiger partial charge in [-0.1, -0.05) is 6.07 Å². The summed E-state index contributed by atoms with van der Waals surface area (Å²) in [7, 11) is 3.32. The van der Waals surface area contributed by atoms with Crippen LogP contribution in [0.1, 0.15) is 28.0 Å². The third-order valence-electron chi connectivity index (χ3n) is 6.41. The number of thiophene rings is 1. The fraction of sp³-hybridized carbons (Fsp3) is 0.480. The zero-order valence-electron chi connectivity index (χ0n) is 19.8. The van der Waals surface area contributed by atoms with Crippen molar-refractivity contribution in [3.05, 3.63) is 46.1 Å². The number of aryl methyl sites for hydroxylation is 3. The number of nitrogens with one attached hydrogen (secondary N) is 1. The van der Waals surface area contributed by atoms with Gasteiger partial charge in [-0.2, -0.15) is 0 Å². The van der Waals surface area contributed by atoms with Crippen LogP contribution in [0.5, 0.6) is 0 Å². The maximum Gasteiger partial charge on any atom is 0.226 e. The first-order valence-corrected chi connectivity index (χ1v) is 12.2. The molecule has 0 saturated heterocycles. The minimum Gasteiger partial charge on any atom is -0.383 e. The number of methoxy groups -OCH3 is 2. The highest BCUT2D eigenvalue weighted by atomic mass is 32.1. The Morgan fingerprint density at radius 3 is 2.61 bits per heavy atom. The number of carbonyl (C=O) groups excluding carboxylic acids is 1. The smallest absolute Gasteiger partial charge is 0.226 e. The molecule has 2 aromatic heterocycles. The summed E-state index contributed by atoms with van der Waals surface area (Å²) in [4.78, 5) is 26.5. The highest BCUT2D eigenvalue weighted by Crippen LogP contribution is 2.40. The zero-order valence-corrected chi connectivity index (χ0v) is 20.6. The molecule has 1 N–H and O–H groups in total. The third-order valence-corrected chi connectivity index (χ3v) is 7.57. The van der Waals surface area contributed by atoms with Crippen LogP contribution in [-0.2, 0) is 27.1 Å². The molecule has 1 amide bonds. The molecule has 2 heterocycles. The van der Waals surface area contributed by atoms with Crippen LogP contribution in [0.15, 0.2) is 24.5 Å². The molecule has 0 spiro atoms. The maximum atomic E-state index is 13.3. The van der Waals surface area contributed by atoms with Crippen molar-refractivity contribution in [3.63, 3.8) is 0 Å². The van der Waals surface area contributed by atoms with Gasteiger partial charge in [-0.15, -0.1) is 11.3 Å². The topological polar surface area (TPSA) is 76.6 Å². The van der Waals surface area contributed by atoms with Gasteiger partial charge in [-0.25, -0.2) is 9.97 Å². The molecule has 33 heavy (non-hydrogen) atoms. The number of hydrogen-bond acceptors (Lipinski definition) is 7. The molecule has 1 atom stereocenters. The lowest BCUT2D eigenvalue weighted by atomic mass is 9.87. The molecule has 0 saturated carbocycles. The number of aromatic nitrogens is 2. The predicted molar refractivity (Wildman–Crippen MR) is 132 cm³/mol. The predicted octanol–water partition coefficient (Wildman–Crippen LogP) is 4.28. The van der Waals surface area contributed by atoms with Crippen molar-refractivity contribution in [1.82, 2.24) is 14.9 Å². The van der Waals surface area contributed by atoms with Gasteiger partial charge in [0.15, 0.2) is 0 Å². The van der Waals surface area contributed by atoms with Crippen LogP contribution in [-0.4, -0.2) is 61.3 Å². The second-order valence-electron chi connectivity index (χ2n) is 8.58. The first kappa shape index (κ1) is 23.6. The zero-order chi connectivity index (χ0) is 23.4. The van der Waals surface area contributed by atoms with E-state index >= 15 is 0 Å². The second kappa shape index (κ2) is 10.6. The Balaban J connectivity index is 1.57. The van der Waals surface area contributed by atoms with Crippen molar-refractivity contribution < 1.29 is 14.3 Å². The average Bonchev–Trinajstić information content (AvgIpc) is 3.20. The van der Waals surface area contributed by atoms with Gasteiger partial charge in [-0.05, 0) is 61.9 Å². The van der Waals surface area contributed by atoms with Gasteiger partial charge in [-0.3, -0.25) is 4.79 Å². The molecule has 4 rings (SSSR count). The third kappa shape index (κ3) is 5.18. The highest BCUT2D eigenvalue weighted by molar-refractivity contribution is 7.19. The van der Waals surface area contributed by atoms with Crippen LogP contribution in [0.3, 0.4) is 0 Å². The molecule has 0 fully saturated rings. The van der Waals surface area contributed by atoms with E-state index in [0.717, 1.165) is 41.0 Å². The average molecular weight is 469 g/mol. The summed E-state index contributed by atoms with van der Waals surface area (Å²) in [5, 5.41) is 4.60. The molecule has 0 aliphatic heterocycles. The number of nitrogens with zero attached hydrogens (tertiary/aromatic N) is 3. The van der Waals surface area contributed by atoms with Crippen molar-refractivity contribution in [1.29, 1.82) is 0 Å². The molecule has 7 nitrogen and oxygen atoms in total. The summed E-state index contributed by atoms with van der Waals surface area (Å²) >= 11 is 1.69. The number of carbonyl (C=O) groups is 1. The number of ether oxygens (including phenoxy) is 2. The Labute approximate surface area is 199 Å². The Hall–Kier alpha value is -2.55. The molecule has 1 unspecified atom stereocenters. The van der Waals surface area contributed by atoms with Crippen LogP contribution in [0.25, 0.3) is 10.2 Å². The summed E-state index contributed by atoms with van der Waals surface area (Å²) in [5.41, 5.74) is 4.81. The molecule has 176 valence electrons. The number of amides is 1. The van der Waals surface area contributed by atoms with Crippen molar-refractivity contribution in [2.45, 2.75) is 33.1 Å². The van der Waals surface area contributed by atoms with Gasteiger partial charge in [0.25, 0.3) is 0 Å². The van der Waals surface area contributed by atoms with Gasteiger partial charge >= 0.3 is 0 Å². The van der Waals surface area contributed by atoms with E-state index < -0.39 is 0 Å². The molecular weight excluding hydrogens is 436 g/mol. The molecule has 0 radical (unpaired) electrons.